The van der Waals surface area contributed by atoms with E-state index < -0.39 is 18.3 Å². The number of nitrogens with one attached hydrogen (secondary N) is 3. The van der Waals surface area contributed by atoms with Gasteiger partial charge in [0, 0.05) is 19.7 Å². The van der Waals surface area contributed by atoms with E-state index in [0.29, 0.717) is 12.0 Å². The van der Waals surface area contributed by atoms with E-state index in [0.717, 1.165) is 32.2 Å². The predicted molar refractivity (Wildman–Crippen MR) is 131 cm³/mol. The van der Waals surface area contributed by atoms with Crippen LogP contribution in [-0.4, -0.2) is 54.3 Å². The van der Waals surface area contributed by atoms with E-state index in [-0.39, 0.29) is 6.04 Å². The van der Waals surface area contributed by atoms with Crippen LogP contribution in [0.1, 0.15) is 91.4 Å². The number of hydrogen-bond donors (Lipinski definition) is 5. The van der Waals surface area contributed by atoms with Crippen LogP contribution >= 0.6 is 0 Å². The van der Waals surface area contributed by atoms with Gasteiger partial charge >= 0.3 is 0 Å². The van der Waals surface area contributed by atoms with Crippen LogP contribution in [0.15, 0.2) is 23.0 Å². The quantitative estimate of drug-likeness (QED) is 0.235. The molecule has 190 valence electrons. The van der Waals surface area contributed by atoms with Gasteiger partial charge in [-0.3, -0.25) is 5.32 Å². The van der Waals surface area contributed by atoms with E-state index in [4.69, 9.17) is 9.47 Å². The molecule has 0 aromatic heterocycles. The summed E-state index contributed by atoms with van der Waals surface area (Å²) in [7, 11) is 1.48. The Bertz CT molecular complexity index is 673. The number of allylic oxidation sites excluding steroid dienone is 3. The van der Waals surface area contributed by atoms with Gasteiger partial charge < -0.3 is 30.3 Å². The molecule has 0 amide bonds. The lowest BCUT2D eigenvalue weighted by Gasteiger charge is -2.33. The third-order valence-electron chi connectivity index (χ3n) is 7.11. The van der Waals surface area contributed by atoms with Gasteiger partial charge in [-0.15, -0.1) is 0 Å². The zero-order valence-electron chi connectivity index (χ0n) is 21.2. The predicted octanol–water partition coefficient (Wildman–Crippen LogP) is 3.63. The average molecular weight is 466 g/mol. The summed E-state index contributed by atoms with van der Waals surface area (Å²) >= 11 is 0. The molecule has 5 N–H and O–H groups in total. The molecule has 0 bridgehead atoms. The second kappa shape index (κ2) is 12.5. The molecule has 7 heteroatoms. The molecule has 3 rings (SSSR count). The van der Waals surface area contributed by atoms with Gasteiger partial charge in [0.05, 0.1) is 17.5 Å². The molecule has 5 atom stereocenters. The lowest BCUT2D eigenvalue weighted by molar-refractivity contribution is -0.202. The maximum absolute atomic E-state index is 10.3. The minimum atomic E-state index is -1.14. The molecule has 0 aromatic rings. The molecule has 3 aliphatic rings. The largest absolute Gasteiger partial charge is 0.372 e. The smallest absolute Gasteiger partial charge is 0.214 e. The van der Waals surface area contributed by atoms with Crippen LogP contribution in [0.2, 0.25) is 0 Å². The van der Waals surface area contributed by atoms with Crippen molar-refractivity contribution in [2.45, 2.75) is 122 Å². The van der Waals surface area contributed by atoms with Crippen molar-refractivity contribution in [1.29, 1.82) is 0 Å². The number of ether oxygens (including phenoxy) is 2. The van der Waals surface area contributed by atoms with Crippen molar-refractivity contribution in [2.75, 3.05) is 13.7 Å². The zero-order chi connectivity index (χ0) is 23.8. The number of rotatable bonds is 11. The van der Waals surface area contributed by atoms with Crippen LogP contribution in [0, 0.1) is 5.92 Å². The highest BCUT2D eigenvalue weighted by Gasteiger charge is 2.28. The van der Waals surface area contributed by atoms with Gasteiger partial charge in [-0.1, -0.05) is 11.6 Å². The fourth-order valence-electron chi connectivity index (χ4n) is 5.31. The van der Waals surface area contributed by atoms with Crippen molar-refractivity contribution in [3.8, 4) is 0 Å². The number of aliphatic hydroxyl groups excluding tert-OH is 2. The molecule has 0 saturated carbocycles. The Morgan fingerprint density at radius 1 is 1.18 bits per heavy atom. The highest BCUT2D eigenvalue weighted by molar-refractivity contribution is 5.18. The Kier molecular flexibility index (Phi) is 10.1. The Morgan fingerprint density at radius 3 is 2.70 bits per heavy atom. The van der Waals surface area contributed by atoms with Crippen molar-refractivity contribution in [3.05, 3.63) is 23.0 Å². The third-order valence-corrected chi connectivity index (χ3v) is 7.11. The van der Waals surface area contributed by atoms with Crippen LogP contribution in [0.25, 0.3) is 0 Å². The molecule has 7 nitrogen and oxygen atoms in total. The van der Waals surface area contributed by atoms with Gasteiger partial charge in [0.15, 0.2) is 6.29 Å². The molecular weight excluding hydrogens is 418 g/mol. The Labute approximate surface area is 200 Å². The molecule has 2 aliphatic heterocycles. The third kappa shape index (κ3) is 8.87. The molecule has 0 aromatic carbocycles. The highest BCUT2D eigenvalue weighted by Crippen LogP contribution is 2.31. The molecule has 2 heterocycles. The van der Waals surface area contributed by atoms with Gasteiger partial charge in [-0.25, -0.2) is 0 Å². The number of methoxy groups -OCH3 is 1. The molecule has 33 heavy (non-hydrogen) atoms. The first-order valence-electron chi connectivity index (χ1n) is 13.0. The second-order valence-corrected chi connectivity index (χ2v) is 11.0. The molecule has 0 radical (unpaired) electrons. The zero-order valence-corrected chi connectivity index (χ0v) is 21.2. The monoisotopic (exact) mass is 465 g/mol. The lowest BCUT2D eigenvalue weighted by Crippen LogP contribution is -2.50. The minimum Gasteiger partial charge on any atom is -0.372 e. The molecule has 5 unspecified atom stereocenters. The van der Waals surface area contributed by atoms with E-state index >= 15 is 0 Å². The fourth-order valence-corrected chi connectivity index (χ4v) is 5.31. The SMILES string of the molecule is COC(O)C(CC1CC=C(CCCC2CCC3=C(NCCC3)N2)CC1)NC(O)OC(C)(C)C. The summed E-state index contributed by atoms with van der Waals surface area (Å²) in [4.78, 5) is 0. The Balaban J connectivity index is 1.39. The van der Waals surface area contributed by atoms with E-state index in [1.165, 1.54) is 57.9 Å². The van der Waals surface area contributed by atoms with E-state index in [9.17, 15) is 10.2 Å². The summed E-state index contributed by atoms with van der Waals surface area (Å²) in [5, 5.41) is 30.8. The van der Waals surface area contributed by atoms with Crippen molar-refractivity contribution in [2.24, 2.45) is 5.92 Å². The molecular formula is C26H47N3O4. The second-order valence-electron chi connectivity index (χ2n) is 11.0. The topological polar surface area (TPSA) is 95.0 Å². The number of aliphatic hydroxyl groups is 2. The summed E-state index contributed by atoms with van der Waals surface area (Å²) in [6.07, 6.45) is 13.0. The number of hydrogen-bond acceptors (Lipinski definition) is 7. The van der Waals surface area contributed by atoms with E-state index in [2.05, 4.69) is 22.0 Å². The average Bonchev–Trinajstić information content (AvgIpc) is 2.78. The maximum Gasteiger partial charge on any atom is 0.214 e. The van der Waals surface area contributed by atoms with Crippen LogP contribution in [-0.2, 0) is 9.47 Å². The molecule has 0 fully saturated rings. The fraction of sp³-hybridized carbons (Fsp3) is 0.846. The summed E-state index contributed by atoms with van der Waals surface area (Å²) < 4.78 is 10.7. The first-order valence-corrected chi connectivity index (χ1v) is 13.0. The lowest BCUT2D eigenvalue weighted by atomic mass is 9.83. The summed E-state index contributed by atoms with van der Waals surface area (Å²) in [6.45, 7) is 6.77. The summed E-state index contributed by atoms with van der Waals surface area (Å²) in [5.74, 6) is 1.79. The van der Waals surface area contributed by atoms with E-state index in [1.807, 2.05) is 20.8 Å². The molecule has 0 saturated heterocycles. The van der Waals surface area contributed by atoms with Crippen LogP contribution < -0.4 is 16.0 Å². The van der Waals surface area contributed by atoms with Crippen LogP contribution in [0.5, 0.6) is 0 Å². The Hall–Kier alpha value is -1.12. The van der Waals surface area contributed by atoms with Crippen molar-refractivity contribution in [1.82, 2.24) is 16.0 Å². The van der Waals surface area contributed by atoms with Gasteiger partial charge in [-0.2, -0.15) is 0 Å². The molecule has 0 spiro atoms. The van der Waals surface area contributed by atoms with Gasteiger partial charge in [0.25, 0.3) is 0 Å². The van der Waals surface area contributed by atoms with Crippen molar-refractivity contribution < 1.29 is 19.7 Å². The first kappa shape index (κ1) is 26.5. The molecule has 1 aliphatic carbocycles. The van der Waals surface area contributed by atoms with Crippen molar-refractivity contribution in [3.63, 3.8) is 0 Å². The van der Waals surface area contributed by atoms with Gasteiger partial charge in [-0.05, 0) is 103 Å². The van der Waals surface area contributed by atoms with Gasteiger partial charge in [0.1, 0.15) is 0 Å². The Morgan fingerprint density at radius 2 is 2.00 bits per heavy atom. The van der Waals surface area contributed by atoms with E-state index in [1.54, 1.807) is 11.1 Å². The maximum atomic E-state index is 10.3. The first-order chi connectivity index (χ1) is 15.7. The van der Waals surface area contributed by atoms with Gasteiger partial charge in [0.2, 0.25) is 6.41 Å². The highest BCUT2D eigenvalue weighted by atomic mass is 16.6. The standard InChI is InChI=1S/C26H47N3O4/c1-26(2,3)33-25(31)29-22(24(30)32-4)17-19-12-10-18(11-13-19)7-5-9-21-15-14-20-8-6-16-27-23(20)28-21/h10,19,21-22,24-25,27-31H,5-9,11-17H2,1-4H3. The summed E-state index contributed by atoms with van der Waals surface area (Å²) in [6, 6.07) is 0.229. The van der Waals surface area contributed by atoms with Crippen LogP contribution in [0.4, 0.5) is 0 Å². The minimum absolute atomic E-state index is 0.378. The van der Waals surface area contributed by atoms with Crippen LogP contribution in [0.3, 0.4) is 0 Å². The summed E-state index contributed by atoms with van der Waals surface area (Å²) in [5.41, 5.74) is 2.70. The van der Waals surface area contributed by atoms with Crippen molar-refractivity contribution >= 4 is 0 Å². The normalized spacial score (nSPS) is 26.5.